The lowest BCUT2D eigenvalue weighted by Gasteiger charge is -2.13. The smallest absolute Gasteiger partial charge is 0.251 e. The van der Waals surface area contributed by atoms with E-state index in [1.165, 1.54) is 6.07 Å². The number of aryl methyl sites for hydroxylation is 1. The zero-order valence-corrected chi connectivity index (χ0v) is 13.1. The first-order valence-electron chi connectivity index (χ1n) is 7.69. The highest BCUT2D eigenvalue weighted by Crippen LogP contribution is 2.18. The summed E-state index contributed by atoms with van der Waals surface area (Å²) >= 11 is 0. The van der Waals surface area contributed by atoms with E-state index in [-0.39, 0.29) is 36.6 Å². The average molecular weight is 323 g/mol. The number of hydrogen-bond donors (Lipinski definition) is 3. The third-order valence-electron chi connectivity index (χ3n) is 3.81. The van der Waals surface area contributed by atoms with Crippen LogP contribution in [0.1, 0.15) is 28.8 Å². The van der Waals surface area contributed by atoms with Gasteiger partial charge in [-0.3, -0.25) is 9.59 Å². The quantitative estimate of drug-likeness (QED) is 0.664. The molecule has 1 fully saturated rings. The van der Waals surface area contributed by atoms with Gasteiger partial charge in [-0.2, -0.15) is 0 Å². The monoisotopic (exact) mass is 323 g/mol. The molecule has 126 valence electrons. The molecule has 1 aromatic carbocycles. The molecule has 7 heteroatoms. The van der Waals surface area contributed by atoms with Crippen LogP contribution in [0.15, 0.2) is 18.2 Å². The van der Waals surface area contributed by atoms with Gasteiger partial charge in [0, 0.05) is 25.2 Å². The normalized spacial score (nSPS) is 20.3. The number of nitrogens with two attached hydrogens (primary N) is 1. The predicted octanol–water partition coefficient (Wildman–Crippen LogP) is 0.486. The summed E-state index contributed by atoms with van der Waals surface area (Å²) in [7, 11) is 0. The molecule has 0 bridgehead atoms. The Bertz CT molecular complexity index is 580. The summed E-state index contributed by atoms with van der Waals surface area (Å²) in [5, 5.41) is 5.33. The molecule has 2 amide bonds. The Hall–Kier alpha value is -1.99. The number of carbonyl (C=O) groups excluding carboxylic acids is 2. The third-order valence-corrected chi connectivity index (χ3v) is 3.81. The Morgan fingerprint density at radius 1 is 1.30 bits per heavy atom. The number of ether oxygens (including phenoxy) is 1. The second-order valence-electron chi connectivity index (χ2n) is 5.57. The van der Waals surface area contributed by atoms with Crippen LogP contribution in [0.5, 0.6) is 0 Å². The van der Waals surface area contributed by atoms with E-state index in [9.17, 15) is 14.0 Å². The maximum absolute atomic E-state index is 13.4. The van der Waals surface area contributed by atoms with Crippen molar-refractivity contribution < 1.29 is 18.7 Å². The van der Waals surface area contributed by atoms with Gasteiger partial charge in [-0.25, -0.2) is 4.39 Å². The summed E-state index contributed by atoms with van der Waals surface area (Å²) in [5.41, 5.74) is 6.24. The molecule has 6 nitrogen and oxygen atoms in total. The van der Waals surface area contributed by atoms with E-state index >= 15 is 0 Å². The first-order chi connectivity index (χ1) is 11.0. The molecule has 0 aliphatic carbocycles. The van der Waals surface area contributed by atoms with Gasteiger partial charge in [0.05, 0.1) is 6.10 Å². The molecule has 1 saturated heterocycles. The average Bonchev–Trinajstić information content (AvgIpc) is 3.03. The Morgan fingerprint density at radius 2 is 2.04 bits per heavy atom. The molecule has 4 N–H and O–H groups in total. The standard InChI is InChI=1S/C16H22FN3O3/c1-10-2-3-11(8-13(10)17)15(21)19-6-7-20-16(22)14-5-4-12(9-18)23-14/h2-3,8,12,14H,4-7,9,18H2,1H3,(H,19,21)(H,20,22)/t12-,14+/m1/s1. The van der Waals surface area contributed by atoms with Gasteiger partial charge in [0.2, 0.25) is 5.91 Å². The van der Waals surface area contributed by atoms with Gasteiger partial charge < -0.3 is 21.1 Å². The molecule has 1 aliphatic rings. The fourth-order valence-corrected chi connectivity index (χ4v) is 2.38. The zero-order valence-electron chi connectivity index (χ0n) is 13.1. The van der Waals surface area contributed by atoms with Crippen LogP contribution in [0.25, 0.3) is 0 Å². The Balaban J connectivity index is 1.69. The van der Waals surface area contributed by atoms with E-state index in [4.69, 9.17) is 10.5 Å². The van der Waals surface area contributed by atoms with Gasteiger partial charge in [-0.1, -0.05) is 6.07 Å². The maximum Gasteiger partial charge on any atom is 0.251 e. The highest BCUT2D eigenvalue weighted by atomic mass is 19.1. The summed E-state index contributed by atoms with van der Waals surface area (Å²) in [6.45, 7) is 2.58. The molecular weight excluding hydrogens is 301 g/mol. The fraction of sp³-hybridized carbons (Fsp3) is 0.500. The van der Waals surface area contributed by atoms with Gasteiger partial charge in [-0.05, 0) is 37.5 Å². The van der Waals surface area contributed by atoms with Crippen molar-refractivity contribution in [1.29, 1.82) is 0 Å². The van der Waals surface area contributed by atoms with E-state index in [0.717, 1.165) is 6.42 Å². The molecule has 2 atom stereocenters. The van der Waals surface area contributed by atoms with Crippen molar-refractivity contribution in [3.05, 3.63) is 35.1 Å². The van der Waals surface area contributed by atoms with Gasteiger partial charge in [0.15, 0.2) is 0 Å². The lowest BCUT2D eigenvalue weighted by molar-refractivity contribution is -0.131. The minimum atomic E-state index is -0.467. The number of amides is 2. The van der Waals surface area contributed by atoms with Crippen LogP contribution in [0.4, 0.5) is 4.39 Å². The van der Waals surface area contributed by atoms with Crippen molar-refractivity contribution in [3.8, 4) is 0 Å². The summed E-state index contributed by atoms with van der Waals surface area (Å²) in [4.78, 5) is 23.7. The van der Waals surface area contributed by atoms with Crippen molar-refractivity contribution in [3.63, 3.8) is 0 Å². The van der Waals surface area contributed by atoms with Crippen LogP contribution in [0, 0.1) is 12.7 Å². The Kier molecular flexibility index (Phi) is 6.06. The van der Waals surface area contributed by atoms with Gasteiger partial charge >= 0.3 is 0 Å². The minimum absolute atomic E-state index is 0.0538. The van der Waals surface area contributed by atoms with Crippen molar-refractivity contribution in [2.45, 2.75) is 32.0 Å². The first-order valence-corrected chi connectivity index (χ1v) is 7.69. The minimum Gasteiger partial charge on any atom is -0.364 e. The molecule has 0 radical (unpaired) electrons. The largest absolute Gasteiger partial charge is 0.364 e. The highest BCUT2D eigenvalue weighted by Gasteiger charge is 2.29. The van der Waals surface area contributed by atoms with E-state index in [2.05, 4.69) is 10.6 Å². The van der Waals surface area contributed by atoms with Crippen molar-refractivity contribution in [2.75, 3.05) is 19.6 Å². The summed E-state index contributed by atoms with van der Waals surface area (Å²) < 4.78 is 18.9. The van der Waals surface area contributed by atoms with Crippen LogP contribution in [-0.2, 0) is 9.53 Å². The van der Waals surface area contributed by atoms with Crippen LogP contribution >= 0.6 is 0 Å². The zero-order chi connectivity index (χ0) is 16.8. The second kappa shape index (κ2) is 8.03. The number of benzene rings is 1. The van der Waals surface area contributed by atoms with Crippen LogP contribution in [-0.4, -0.2) is 43.7 Å². The van der Waals surface area contributed by atoms with E-state index in [1.54, 1.807) is 19.1 Å². The molecule has 1 aliphatic heterocycles. The Morgan fingerprint density at radius 3 is 2.70 bits per heavy atom. The van der Waals surface area contributed by atoms with E-state index in [0.29, 0.717) is 18.5 Å². The van der Waals surface area contributed by atoms with Gasteiger partial charge in [0.1, 0.15) is 11.9 Å². The second-order valence-corrected chi connectivity index (χ2v) is 5.57. The maximum atomic E-state index is 13.4. The highest BCUT2D eigenvalue weighted by molar-refractivity contribution is 5.94. The molecule has 0 spiro atoms. The van der Waals surface area contributed by atoms with Gasteiger partial charge in [0.25, 0.3) is 5.91 Å². The number of hydrogen-bond acceptors (Lipinski definition) is 4. The van der Waals surface area contributed by atoms with Crippen molar-refractivity contribution in [1.82, 2.24) is 10.6 Å². The molecule has 0 unspecified atom stereocenters. The Labute approximate surface area is 134 Å². The topological polar surface area (TPSA) is 93.5 Å². The number of rotatable bonds is 6. The van der Waals surface area contributed by atoms with Gasteiger partial charge in [-0.15, -0.1) is 0 Å². The molecule has 1 aromatic rings. The van der Waals surface area contributed by atoms with Crippen LogP contribution < -0.4 is 16.4 Å². The number of carbonyl (C=O) groups is 2. The molecule has 1 heterocycles. The summed E-state index contributed by atoms with van der Waals surface area (Å²) in [6, 6.07) is 4.31. The van der Waals surface area contributed by atoms with E-state index < -0.39 is 11.9 Å². The van der Waals surface area contributed by atoms with Crippen LogP contribution in [0.3, 0.4) is 0 Å². The SMILES string of the molecule is Cc1ccc(C(=O)NCCNC(=O)[C@@H]2CC[C@H](CN)O2)cc1F. The summed E-state index contributed by atoms with van der Waals surface area (Å²) in [5.74, 6) is -0.992. The fourth-order valence-electron chi connectivity index (χ4n) is 2.38. The number of nitrogens with one attached hydrogen (secondary N) is 2. The lowest BCUT2D eigenvalue weighted by Crippen LogP contribution is -2.40. The summed E-state index contributed by atoms with van der Waals surface area (Å²) in [6.07, 6.45) is 0.917. The van der Waals surface area contributed by atoms with E-state index in [1.807, 2.05) is 0 Å². The molecular formula is C16H22FN3O3. The van der Waals surface area contributed by atoms with Crippen molar-refractivity contribution >= 4 is 11.8 Å². The molecule has 0 saturated carbocycles. The van der Waals surface area contributed by atoms with Crippen LogP contribution in [0.2, 0.25) is 0 Å². The third kappa shape index (κ3) is 4.74. The first kappa shape index (κ1) is 17.4. The number of halogens is 1. The predicted molar refractivity (Wildman–Crippen MR) is 83.4 cm³/mol. The molecule has 0 aromatic heterocycles. The van der Waals surface area contributed by atoms with Crippen molar-refractivity contribution in [2.24, 2.45) is 5.73 Å². The molecule has 23 heavy (non-hydrogen) atoms. The molecule has 2 rings (SSSR count). The lowest BCUT2D eigenvalue weighted by atomic mass is 10.1.